The lowest BCUT2D eigenvalue weighted by Gasteiger charge is -2.06. The molecule has 0 saturated carbocycles. The van der Waals surface area contributed by atoms with E-state index >= 15 is 0 Å². The number of rotatable bonds is 6. The van der Waals surface area contributed by atoms with Crippen molar-refractivity contribution in [1.29, 1.82) is 0 Å². The van der Waals surface area contributed by atoms with Crippen LogP contribution in [-0.2, 0) is 4.79 Å². The molecule has 0 radical (unpaired) electrons. The third-order valence-corrected chi connectivity index (χ3v) is 2.35. The Kier molecular flexibility index (Phi) is 5.87. The average molecular weight is 250 g/mol. The standard InChI is InChI=1S/C13H18N2O3/c1-10-4-2-5-11(8-10)13(18)15-9-12(17)14-6-3-7-16/h2,4-5,8,16H,3,6-7,9H2,1H3,(H,14,17)(H,15,18). The lowest BCUT2D eigenvalue weighted by atomic mass is 10.1. The van der Waals surface area contributed by atoms with E-state index in [2.05, 4.69) is 10.6 Å². The molecule has 5 heteroatoms. The second kappa shape index (κ2) is 7.45. The van der Waals surface area contributed by atoms with Crippen molar-refractivity contribution in [2.45, 2.75) is 13.3 Å². The Balaban J connectivity index is 2.35. The fourth-order valence-corrected chi connectivity index (χ4v) is 1.42. The summed E-state index contributed by atoms with van der Waals surface area (Å²) in [6.45, 7) is 2.29. The predicted molar refractivity (Wildman–Crippen MR) is 68.2 cm³/mol. The highest BCUT2D eigenvalue weighted by Crippen LogP contribution is 2.03. The van der Waals surface area contributed by atoms with Gasteiger partial charge >= 0.3 is 0 Å². The number of carbonyl (C=O) groups is 2. The Labute approximate surface area is 106 Å². The summed E-state index contributed by atoms with van der Waals surface area (Å²) >= 11 is 0. The summed E-state index contributed by atoms with van der Waals surface area (Å²) < 4.78 is 0. The van der Waals surface area contributed by atoms with E-state index in [0.717, 1.165) is 5.56 Å². The first-order valence-electron chi connectivity index (χ1n) is 5.86. The Bertz CT molecular complexity index is 418. The second-order valence-electron chi connectivity index (χ2n) is 3.98. The summed E-state index contributed by atoms with van der Waals surface area (Å²) in [6, 6.07) is 7.16. The van der Waals surface area contributed by atoms with Gasteiger partial charge < -0.3 is 15.7 Å². The summed E-state index contributed by atoms with van der Waals surface area (Å²) in [7, 11) is 0. The van der Waals surface area contributed by atoms with Gasteiger partial charge in [0.05, 0.1) is 6.54 Å². The van der Waals surface area contributed by atoms with Crippen LogP contribution in [0.1, 0.15) is 22.3 Å². The van der Waals surface area contributed by atoms with E-state index in [1.807, 2.05) is 13.0 Å². The highest BCUT2D eigenvalue weighted by atomic mass is 16.3. The second-order valence-corrected chi connectivity index (χ2v) is 3.98. The van der Waals surface area contributed by atoms with Crippen molar-refractivity contribution in [3.05, 3.63) is 35.4 Å². The van der Waals surface area contributed by atoms with Gasteiger partial charge in [0.2, 0.25) is 5.91 Å². The molecule has 0 bridgehead atoms. The molecule has 3 N–H and O–H groups in total. The predicted octanol–water partition coefficient (Wildman–Crippen LogP) is 0.223. The fourth-order valence-electron chi connectivity index (χ4n) is 1.42. The highest BCUT2D eigenvalue weighted by Gasteiger charge is 2.07. The molecule has 5 nitrogen and oxygen atoms in total. The molecule has 1 rings (SSSR count). The number of hydrogen-bond acceptors (Lipinski definition) is 3. The molecular weight excluding hydrogens is 232 g/mol. The first kappa shape index (κ1) is 14.2. The van der Waals surface area contributed by atoms with Crippen LogP contribution >= 0.6 is 0 Å². The molecule has 1 aromatic rings. The Hall–Kier alpha value is -1.88. The number of benzene rings is 1. The summed E-state index contributed by atoms with van der Waals surface area (Å²) in [5.41, 5.74) is 1.54. The Morgan fingerprint density at radius 1 is 1.28 bits per heavy atom. The van der Waals surface area contributed by atoms with Crippen LogP contribution in [0.2, 0.25) is 0 Å². The van der Waals surface area contributed by atoms with E-state index in [0.29, 0.717) is 18.5 Å². The van der Waals surface area contributed by atoms with Gasteiger partial charge in [0.15, 0.2) is 0 Å². The van der Waals surface area contributed by atoms with Gasteiger partial charge in [-0.25, -0.2) is 0 Å². The molecule has 0 aliphatic rings. The van der Waals surface area contributed by atoms with E-state index in [4.69, 9.17) is 5.11 Å². The van der Waals surface area contributed by atoms with Crippen molar-refractivity contribution in [2.75, 3.05) is 19.7 Å². The maximum Gasteiger partial charge on any atom is 0.251 e. The fraction of sp³-hybridized carbons (Fsp3) is 0.385. The molecule has 0 unspecified atom stereocenters. The van der Waals surface area contributed by atoms with Crippen LogP contribution in [0, 0.1) is 6.92 Å². The molecule has 0 aromatic heterocycles. The van der Waals surface area contributed by atoms with Gasteiger partial charge in [0, 0.05) is 18.7 Å². The zero-order valence-corrected chi connectivity index (χ0v) is 10.4. The minimum Gasteiger partial charge on any atom is -0.396 e. The average Bonchev–Trinajstić information content (AvgIpc) is 2.36. The Morgan fingerprint density at radius 2 is 2.06 bits per heavy atom. The zero-order valence-electron chi connectivity index (χ0n) is 10.4. The van der Waals surface area contributed by atoms with Crippen LogP contribution in [0.25, 0.3) is 0 Å². The van der Waals surface area contributed by atoms with Crippen LogP contribution < -0.4 is 10.6 Å². The molecule has 0 aliphatic carbocycles. The number of hydrogen-bond donors (Lipinski definition) is 3. The monoisotopic (exact) mass is 250 g/mol. The maximum absolute atomic E-state index is 11.7. The lowest BCUT2D eigenvalue weighted by Crippen LogP contribution is -2.37. The summed E-state index contributed by atoms with van der Waals surface area (Å²) in [6.07, 6.45) is 0.511. The number of aryl methyl sites for hydroxylation is 1. The van der Waals surface area contributed by atoms with Crippen molar-refractivity contribution in [2.24, 2.45) is 0 Å². The third-order valence-electron chi connectivity index (χ3n) is 2.35. The number of amides is 2. The summed E-state index contributed by atoms with van der Waals surface area (Å²) in [5, 5.41) is 13.7. The van der Waals surface area contributed by atoms with Crippen molar-refractivity contribution < 1.29 is 14.7 Å². The van der Waals surface area contributed by atoms with Crippen molar-refractivity contribution in [1.82, 2.24) is 10.6 Å². The topological polar surface area (TPSA) is 78.4 Å². The molecule has 2 amide bonds. The quantitative estimate of drug-likeness (QED) is 0.632. The van der Waals surface area contributed by atoms with Crippen LogP contribution in [0.15, 0.2) is 24.3 Å². The highest BCUT2D eigenvalue weighted by molar-refractivity contribution is 5.96. The number of aliphatic hydroxyl groups excluding tert-OH is 1. The van der Waals surface area contributed by atoms with Gasteiger partial charge in [-0.3, -0.25) is 9.59 Å². The van der Waals surface area contributed by atoms with Crippen molar-refractivity contribution in [3.63, 3.8) is 0 Å². The molecule has 0 heterocycles. The minimum absolute atomic E-state index is 0.0376. The number of nitrogens with one attached hydrogen (secondary N) is 2. The third kappa shape index (κ3) is 4.97. The molecule has 0 atom stereocenters. The molecule has 98 valence electrons. The van der Waals surface area contributed by atoms with Crippen LogP contribution in [0.5, 0.6) is 0 Å². The van der Waals surface area contributed by atoms with E-state index in [9.17, 15) is 9.59 Å². The van der Waals surface area contributed by atoms with Gasteiger partial charge in [-0.05, 0) is 25.5 Å². The smallest absolute Gasteiger partial charge is 0.251 e. The molecule has 1 aromatic carbocycles. The number of carbonyl (C=O) groups excluding carboxylic acids is 2. The van der Waals surface area contributed by atoms with Crippen LogP contribution in [-0.4, -0.2) is 36.6 Å². The normalized spacial score (nSPS) is 9.89. The molecule has 0 aliphatic heterocycles. The first-order valence-corrected chi connectivity index (χ1v) is 5.86. The van der Waals surface area contributed by atoms with Crippen LogP contribution in [0.4, 0.5) is 0 Å². The maximum atomic E-state index is 11.7. The summed E-state index contributed by atoms with van der Waals surface area (Å²) in [4.78, 5) is 23.0. The number of aliphatic hydroxyl groups is 1. The molecule has 0 fully saturated rings. The molecule has 0 spiro atoms. The first-order chi connectivity index (χ1) is 8.63. The molecule has 18 heavy (non-hydrogen) atoms. The molecular formula is C13H18N2O3. The molecule has 0 saturated heterocycles. The lowest BCUT2D eigenvalue weighted by molar-refractivity contribution is -0.120. The largest absolute Gasteiger partial charge is 0.396 e. The van der Waals surface area contributed by atoms with E-state index in [1.165, 1.54) is 0 Å². The van der Waals surface area contributed by atoms with Crippen LogP contribution in [0.3, 0.4) is 0 Å². The summed E-state index contributed by atoms with van der Waals surface area (Å²) in [5.74, 6) is -0.527. The van der Waals surface area contributed by atoms with Crippen molar-refractivity contribution in [3.8, 4) is 0 Å². The van der Waals surface area contributed by atoms with Gasteiger partial charge in [-0.2, -0.15) is 0 Å². The van der Waals surface area contributed by atoms with E-state index in [1.54, 1.807) is 18.2 Å². The zero-order chi connectivity index (χ0) is 13.4. The van der Waals surface area contributed by atoms with Gasteiger partial charge in [0.1, 0.15) is 0 Å². The van der Waals surface area contributed by atoms with E-state index in [-0.39, 0.29) is 25.0 Å². The van der Waals surface area contributed by atoms with E-state index < -0.39 is 0 Å². The van der Waals surface area contributed by atoms with Gasteiger partial charge in [-0.1, -0.05) is 17.7 Å². The van der Waals surface area contributed by atoms with Gasteiger partial charge in [-0.15, -0.1) is 0 Å². The minimum atomic E-state index is -0.268. The van der Waals surface area contributed by atoms with Crippen molar-refractivity contribution >= 4 is 11.8 Å². The SMILES string of the molecule is Cc1cccc(C(=O)NCC(=O)NCCCO)c1. The van der Waals surface area contributed by atoms with Gasteiger partial charge in [0.25, 0.3) is 5.91 Å². The Morgan fingerprint density at radius 3 is 2.72 bits per heavy atom.